The van der Waals surface area contributed by atoms with E-state index in [0.717, 1.165) is 5.56 Å². The second kappa shape index (κ2) is 6.80. The van der Waals surface area contributed by atoms with Gasteiger partial charge in [0.05, 0.1) is 0 Å². The van der Waals surface area contributed by atoms with Crippen LogP contribution in [0.2, 0.25) is 0 Å². The Hall–Kier alpha value is -2.76. The number of ketones is 2. The Morgan fingerprint density at radius 3 is 2.32 bits per heavy atom. The summed E-state index contributed by atoms with van der Waals surface area (Å²) >= 11 is 5.91. The van der Waals surface area contributed by atoms with Gasteiger partial charge >= 0.3 is 0 Å². The number of hydrogen-bond acceptors (Lipinski definition) is 5. The van der Waals surface area contributed by atoms with Gasteiger partial charge in [-0.1, -0.05) is 30.3 Å². The summed E-state index contributed by atoms with van der Waals surface area (Å²) in [5.74, 6) is -1.49. The van der Waals surface area contributed by atoms with Crippen LogP contribution in [0.4, 0.5) is 0 Å². The van der Waals surface area contributed by atoms with Crippen LogP contribution < -0.4 is 0 Å². The molecule has 0 aliphatic heterocycles. The normalized spacial score (nSPS) is 20.0. The highest BCUT2D eigenvalue weighted by Crippen LogP contribution is 2.21. The van der Waals surface area contributed by atoms with Crippen molar-refractivity contribution < 1.29 is 9.59 Å². The van der Waals surface area contributed by atoms with E-state index < -0.39 is 28.1 Å². The minimum Gasteiger partial charge on any atom is -0.291 e. The predicted molar refractivity (Wildman–Crippen MR) is 80.4 cm³/mol. The van der Waals surface area contributed by atoms with Crippen LogP contribution in [0.3, 0.4) is 0 Å². The molecule has 22 heavy (non-hydrogen) atoms. The SMILES string of the molecule is N#CC1=C(C#N)C(=O)[C@@H](Cl)C(=NCCc2ccccc2)C1=O. The number of nitriles is 2. The summed E-state index contributed by atoms with van der Waals surface area (Å²) in [6, 6.07) is 12.7. The molecule has 6 heteroatoms. The minimum atomic E-state index is -1.31. The number of halogens is 1. The van der Waals surface area contributed by atoms with Gasteiger partial charge in [-0.15, -0.1) is 11.6 Å². The van der Waals surface area contributed by atoms with Crippen LogP contribution >= 0.6 is 11.6 Å². The van der Waals surface area contributed by atoms with Crippen LogP contribution in [0.1, 0.15) is 5.56 Å². The van der Waals surface area contributed by atoms with Gasteiger partial charge in [-0.25, -0.2) is 0 Å². The standard InChI is InChI=1S/C16H10ClN3O2/c17-13-14(20-7-6-10-4-2-1-3-5-10)16(22)12(9-19)11(8-18)15(13)21/h1-5,13H,6-7H2/t13-/m0/s1. The quantitative estimate of drug-likeness (QED) is 0.795. The number of carbonyl (C=O) groups is 2. The number of benzene rings is 1. The van der Waals surface area contributed by atoms with E-state index in [1.807, 2.05) is 30.3 Å². The molecule has 0 saturated heterocycles. The van der Waals surface area contributed by atoms with Crippen LogP contribution in [-0.4, -0.2) is 29.2 Å². The van der Waals surface area contributed by atoms with Crippen LogP contribution in [0, 0.1) is 22.7 Å². The molecule has 0 radical (unpaired) electrons. The van der Waals surface area contributed by atoms with Crippen molar-refractivity contribution in [3.63, 3.8) is 0 Å². The molecule has 0 spiro atoms. The van der Waals surface area contributed by atoms with Gasteiger partial charge in [0, 0.05) is 6.54 Å². The van der Waals surface area contributed by atoms with Crippen molar-refractivity contribution in [3.8, 4) is 12.1 Å². The Labute approximate surface area is 132 Å². The third kappa shape index (κ3) is 2.95. The maximum Gasteiger partial charge on any atom is 0.220 e. The van der Waals surface area contributed by atoms with Crippen molar-refractivity contribution in [1.82, 2.24) is 0 Å². The average Bonchev–Trinajstić information content (AvgIpc) is 2.54. The van der Waals surface area contributed by atoms with Gasteiger partial charge in [-0.3, -0.25) is 14.6 Å². The second-order valence-electron chi connectivity index (χ2n) is 4.53. The first kappa shape index (κ1) is 15.6. The molecule has 5 nitrogen and oxygen atoms in total. The van der Waals surface area contributed by atoms with E-state index in [-0.39, 0.29) is 12.3 Å². The smallest absolute Gasteiger partial charge is 0.220 e. The summed E-state index contributed by atoms with van der Waals surface area (Å²) in [5, 5.41) is 16.5. The topological polar surface area (TPSA) is 94.1 Å². The number of alkyl halides is 1. The van der Waals surface area contributed by atoms with Gasteiger partial charge in [0.25, 0.3) is 0 Å². The first-order valence-corrected chi connectivity index (χ1v) is 6.89. The molecule has 2 rings (SSSR count). The molecule has 1 aromatic rings. The highest BCUT2D eigenvalue weighted by Gasteiger charge is 2.39. The predicted octanol–water partition coefficient (Wildman–Crippen LogP) is 1.77. The Morgan fingerprint density at radius 2 is 1.73 bits per heavy atom. The number of carbonyl (C=O) groups excluding carboxylic acids is 2. The highest BCUT2D eigenvalue weighted by atomic mass is 35.5. The Kier molecular flexibility index (Phi) is 4.83. The number of nitrogens with zero attached hydrogens (tertiary/aromatic N) is 3. The lowest BCUT2D eigenvalue weighted by Gasteiger charge is -2.16. The first-order chi connectivity index (χ1) is 10.6. The van der Waals surface area contributed by atoms with Crippen LogP contribution in [0.5, 0.6) is 0 Å². The molecule has 0 saturated carbocycles. The monoisotopic (exact) mass is 311 g/mol. The lowest BCUT2D eigenvalue weighted by Crippen LogP contribution is -2.39. The van der Waals surface area contributed by atoms with Crippen molar-refractivity contribution in [2.24, 2.45) is 4.99 Å². The molecule has 108 valence electrons. The lowest BCUT2D eigenvalue weighted by molar-refractivity contribution is -0.116. The van der Waals surface area contributed by atoms with Gasteiger partial charge in [0.15, 0.2) is 5.78 Å². The number of allylic oxidation sites excluding steroid dienone is 2. The molecule has 0 amide bonds. The van der Waals surface area contributed by atoms with Crippen LogP contribution in [0.25, 0.3) is 0 Å². The minimum absolute atomic E-state index is 0.168. The van der Waals surface area contributed by atoms with Crippen molar-refractivity contribution in [2.45, 2.75) is 11.8 Å². The third-order valence-corrected chi connectivity index (χ3v) is 3.58. The van der Waals surface area contributed by atoms with E-state index in [9.17, 15) is 9.59 Å². The van der Waals surface area contributed by atoms with E-state index in [2.05, 4.69) is 4.99 Å². The Morgan fingerprint density at radius 1 is 1.09 bits per heavy atom. The lowest BCUT2D eigenvalue weighted by atomic mass is 9.89. The number of Topliss-reactive ketones (excluding diaryl/α,β-unsaturated/α-hetero) is 2. The molecule has 0 heterocycles. The summed E-state index contributed by atoms with van der Waals surface area (Å²) in [6.45, 7) is 0.266. The fourth-order valence-electron chi connectivity index (χ4n) is 2.05. The highest BCUT2D eigenvalue weighted by molar-refractivity contribution is 6.65. The van der Waals surface area contributed by atoms with E-state index in [0.29, 0.717) is 6.42 Å². The molecule has 1 atom stereocenters. The third-order valence-electron chi connectivity index (χ3n) is 3.18. The summed E-state index contributed by atoms with van der Waals surface area (Å²) in [4.78, 5) is 28.1. The average molecular weight is 312 g/mol. The summed E-state index contributed by atoms with van der Waals surface area (Å²) < 4.78 is 0. The molecule has 0 unspecified atom stereocenters. The molecule has 1 aromatic carbocycles. The molecular formula is C16H10ClN3O2. The molecule has 0 bridgehead atoms. The van der Waals surface area contributed by atoms with E-state index in [1.165, 1.54) is 0 Å². The largest absolute Gasteiger partial charge is 0.291 e. The maximum absolute atomic E-state index is 12.1. The fraction of sp³-hybridized carbons (Fsp3) is 0.188. The van der Waals surface area contributed by atoms with E-state index in [1.54, 1.807) is 12.1 Å². The van der Waals surface area contributed by atoms with Crippen LogP contribution in [-0.2, 0) is 16.0 Å². The van der Waals surface area contributed by atoms with Gasteiger partial charge < -0.3 is 0 Å². The molecule has 1 aliphatic carbocycles. The fourth-order valence-corrected chi connectivity index (χ4v) is 2.33. The second-order valence-corrected chi connectivity index (χ2v) is 4.97. The van der Waals surface area contributed by atoms with Crippen molar-refractivity contribution >= 4 is 28.9 Å². The van der Waals surface area contributed by atoms with Gasteiger partial charge in [-0.05, 0) is 12.0 Å². The molecule has 0 N–H and O–H groups in total. The van der Waals surface area contributed by atoms with Crippen LogP contribution in [0.15, 0.2) is 46.5 Å². The molecule has 0 aromatic heterocycles. The molecule has 1 aliphatic rings. The van der Waals surface area contributed by atoms with Crippen molar-refractivity contribution in [1.29, 1.82) is 10.5 Å². The zero-order valence-electron chi connectivity index (χ0n) is 11.4. The summed E-state index contributed by atoms with van der Waals surface area (Å²) in [7, 11) is 0. The summed E-state index contributed by atoms with van der Waals surface area (Å²) in [6.07, 6.45) is 0.576. The van der Waals surface area contributed by atoms with Gasteiger partial charge in [0.1, 0.15) is 34.4 Å². The number of aliphatic imine (C=N–C) groups is 1. The molecule has 0 fully saturated rings. The van der Waals surface area contributed by atoms with Gasteiger partial charge in [0.2, 0.25) is 5.78 Å². The zero-order chi connectivity index (χ0) is 16.1. The van der Waals surface area contributed by atoms with Crippen molar-refractivity contribution in [2.75, 3.05) is 6.54 Å². The molecular weight excluding hydrogens is 302 g/mol. The summed E-state index contributed by atoms with van der Waals surface area (Å²) in [5.41, 5.74) is -0.114. The van der Waals surface area contributed by atoms with Gasteiger partial charge in [-0.2, -0.15) is 10.5 Å². The number of hydrogen-bond donors (Lipinski definition) is 0. The Balaban J connectivity index is 2.25. The van der Waals surface area contributed by atoms with E-state index >= 15 is 0 Å². The van der Waals surface area contributed by atoms with E-state index in [4.69, 9.17) is 22.1 Å². The zero-order valence-corrected chi connectivity index (χ0v) is 12.2. The Bertz CT molecular complexity index is 767. The number of rotatable bonds is 3. The van der Waals surface area contributed by atoms with Crippen molar-refractivity contribution in [3.05, 3.63) is 47.0 Å². The maximum atomic E-state index is 12.1. The first-order valence-electron chi connectivity index (χ1n) is 6.46.